The Morgan fingerprint density at radius 2 is 1.69 bits per heavy atom. The van der Waals surface area contributed by atoms with Crippen LogP contribution in [0, 0.1) is 12.8 Å². The van der Waals surface area contributed by atoms with Gasteiger partial charge in [-0.25, -0.2) is 9.78 Å². The molecule has 0 spiro atoms. The Balaban J connectivity index is 1.32. The number of carboxylic acids is 1. The molecule has 1 aliphatic rings. The van der Waals surface area contributed by atoms with Gasteiger partial charge in [-0.1, -0.05) is 99.0 Å². The number of nitrogens with two attached hydrogens (primary N) is 1. The molecule has 4 aromatic carbocycles. The highest BCUT2D eigenvalue weighted by Crippen LogP contribution is 2.33. The van der Waals surface area contributed by atoms with Gasteiger partial charge in [-0.3, -0.25) is 13.9 Å². The number of hydrogen-bond acceptors (Lipinski definition) is 6. The van der Waals surface area contributed by atoms with Gasteiger partial charge >= 0.3 is 5.97 Å². The lowest BCUT2D eigenvalue weighted by Crippen LogP contribution is -2.40. The highest BCUT2D eigenvalue weighted by atomic mass is 32.2. The first-order valence-corrected chi connectivity index (χ1v) is 18.7. The van der Waals surface area contributed by atoms with Crippen LogP contribution in [0.4, 0.5) is 0 Å². The summed E-state index contributed by atoms with van der Waals surface area (Å²) in [4.78, 5) is 44.9. The van der Waals surface area contributed by atoms with Gasteiger partial charge in [-0.15, -0.1) is 0 Å². The Morgan fingerprint density at radius 3 is 2.35 bits per heavy atom. The molecule has 264 valence electrons. The van der Waals surface area contributed by atoms with Gasteiger partial charge < -0.3 is 15.4 Å². The van der Waals surface area contributed by atoms with E-state index in [1.165, 1.54) is 6.42 Å². The van der Waals surface area contributed by atoms with Crippen molar-refractivity contribution in [2.24, 2.45) is 11.7 Å². The van der Waals surface area contributed by atoms with E-state index < -0.39 is 12.0 Å². The van der Waals surface area contributed by atoms with E-state index in [0.29, 0.717) is 36.4 Å². The molecule has 1 aromatic heterocycles. The maximum absolute atomic E-state index is 14.5. The van der Waals surface area contributed by atoms with Crippen molar-refractivity contribution in [3.8, 4) is 11.1 Å². The largest absolute Gasteiger partial charge is 0.478 e. The Morgan fingerprint density at radius 1 is 0.980 bits per heavy atom. The normalized spacial score (nSPS) is 14.2. The van der Waals surface area contributed by atoms with Crippen molar-refractivity contribution >= 4 is 40.0 Å². The zero-order valence-corrected chi connectivity index (χ0v) is 30.4. The molecule has 5 aromatic rings. The molecule has 1 aliphatic carbocycles. The van der Waals surface area contributed by atoms with Gasteiger partial charge in [-0.2, -0.15) is 0 Å². The first kappa shape index (κ1) is 36.1. The fraction of sp³-hybridized carbons (Fsp3) is 0.333. The summed E-state index contributed by atoms with van der Waals surface area (Å²) in [6.45, 7) is 6.61. The molecule has 1 amide bonds. The number of nitrogens with zero attached hydrogens (tertiary/aromatic N) is 3. The number of aromatic nitrogens is 2. The quantitative estimate of drug-likeness (QED) is 0.118. The molecule has 3 N–H and O–H groups in total. The molecule has 1 fully saturated rings. The van der Waals surface area contributed by atoms with Gasteiger partial charge in [0.05, 0.1) is 22.6 Å². The van der Waals surface area contributed by atoms with Crippen LogP contribution in [0.3, 0.4) is 0 Å². The van der Waals surface area contributed by atoms with E-state index in [1.54, 1.807) is 16.4 Å². The van der Waals surface area contributed by atoms with Gasteiger partial charge in [0.25, 0.3) is 5.91 Å². The number of imidazole rings is 1. The lowest BCUT2D eigenvalue weighted by atomic mass is 9.81. The Labute approximate surface area is 304 Å². The molecular weight excluding hydrogens is 657 g/mol. The van der Waals surface area contributed by atoms with Crippen molar-refractivity contribution in [3.63, 3.8) is 0 Å². The third kappa shape index (κ3) is 8.26. The summed E-state index contributed by atoms with van der Waals surface area (Å²) in [5, 5.41) is 9.52. The molecule has 1 saturated carbocycles. The molecule has 2 atom stereocenters. The van der Waals surface area contributed by atoms with Crippen LogP contribution in [0.5, 0.6) is 0 Å². The topological polar surface area (TPSA) is 119 Å². The number of carboxylic acid groups (broad SMARTS) is 1. The van der Waals surface area contributed by atoms with Gasteiger partial charge in [-0.05, 0) is 85.0 Å². The van der Waals surface area contributed by atoms with E-state index >= 15 is 0 Å². The summed E-state index contributed by atoms with van der Waals surface area (Å²) < 4.78 is 3.80. The molecule has 6 rings (SSSR count). The second-order valence-corrected chi connectivity index (χ2v) is 14.8. The van der Waals surface area contributed by atoms with E-state index in [-0.39, 0.29) is 22.6 Å². The predicted octanol–water partition coefficient (Wildman–Crippen LogP) is 8.48. The minimum Gasteiger partial charge on any atom is -0.478 e. The average molecular weight is 703 g/mol. The number of aromatic carboxylic acids is 1. The molecule has 0 saturated heterocycles. The van der Waals surface area contributed by atoms with Gasteiger partial charge in [0.15, 0.2) is 0 Å². The maximum atomic E-state index is 14.5. The highest BCUT2D eigenvalue weighted by molar-refractivity contribution is 8.12. The molecule has 51 heavy (non-hydrogen) atoms. The van der Waals surface area contributed by atoms with Crippen molar-refractivity contribution in [1.29, 1.82) is 0 Å². The van der Waals surface area contributed by atoms with Gasteiger partial charge in [0, 0.05) is 36.5 Å². The Bertz CT molecular complexity index is 2020. The standard InChI is InChI=1S/C42H46N4O4S/c1-4-11-38-44-39-27(2)22-33(25-37(39)45(38)26-31-18-20-32(21-19-31)34-16-8-9-17-35(34)41(48)49)40(47)46(28(3)23-29-12-6-5-7-13-29)51-42(50)36(43)24-30-14-10-15-30/h5-9,12-13,16-22,25,28,30,36H,4,10-11,14-15,23-24,26,43H2,1-3H3,(H,48,49). The third-order valence-electron chi connectivity index (χ3n) is 9.88. The minimum absolute atomic E-state index is 0.183. The Kier molecular flexibility index (Phi) is 11.4. The number of aryl methyl sites for hydroxylation is 2. The number of rotatable bonds is 13. The summed E-state index contributed by atoms with van der Waals surface area (Å²) in [6.07, 6.45) is 6.32. The maximum Gasteiger partial charge on any atom is 0.336 e. The molecule has 0 bridgehead atoms. The minimum atomic E-state index is -0.961. The molecular formula is C42H46N4O4S. The van der Waals surface area contributed by atoms with Crippen molar-refractivity contribution < 1.29 is 19.5 Å². The van der Waals surface area contributed by atoms with Crippen LogP contribution in [0.25, 0.3) is 22.2 Å². The Hall–Kier alpha value is -4.73. The molecule has 8 nitrogen and oxygen atoms in total. The fourth-order valence-corrected chi connectivity index (χ4v) is 7.76. The fourth-order valence-electron chi connectivity index (χ4n) is 6.89. The van der Waals surface area contributed by atoms with Crippen LogP contribution in [0.2, 0.25) is 0 Å². The summed E-state index contributed by atoms with van der Waals surface area (Å²) in [6, 6.07) is 27.8. The van der Waals surface area contributed by atoms with Crippen LogP contribution >= 0.6 is 11.9 Å². The number of benzene rings is 4. The van der Waals surface area contributed by atoms with Crippen LogP contribution in [0.1, 0.15) is 89.2 Å². The van der Waals surface area contributed by atoms with Crippen molar-refractivity contribution in [2.45, 2.75) is 84.3 Å². The SMILES string of the molecule is CCCc1nc2c(C)cc(C(=O)N(SC(=O)C(N)CC3CCC3)C(C)Cc3ccccc3)cc2n1Cc1ccc(-c2ccccc2C(=O)O)cc1. The zero-order chi connectivity index (χ0) is 36.1. The molecule has 9 heteroatoms. The number of hydrogen-bond donors (Lipinski definition) is 2. The second kappa shape index (κ2) is 16.1. The number of carbonyl (C=O) groups is 3. The predicted molar refractivity (Wildman–Crippen MR) is 205 cm³/mol. The molecule has 1 heterocycles. The van der Waals surface area contributed by atoms with Gasteiger partial charge in [0.1, 0.15) is 5.82 Å². The number of fused-ring (bicyclic) bond motifs is 1. The average Bonchev–Trinajstić information content (AvgIpc) is 3.46. The summed E-state index contributed by atoms with van der Waals surface area (Å²) in [5.41, 5.74) is 13.4. The van der Waals surface area contributed by atoms with Crippen LogP contribution in [-0.2, 0) is 24.2 Å². The lowest BCUT2D eigenvalue weighted by molar-refractivity contribution is -0.112. The number of carbonyl (C=O) groups excluding carboxylic acids is 2. The summed E-state index contributed by atoms with van der Waals surface area (Å²) >= 11 is 0.954. The van der Waals surface area contributed by atoms with Crippen LogP contribution in [-0.4, -0.2) is 48.0 Å². The second-order valence-electron chi connectivity index (χ2n) is 13.8. The van der Waals surface area contributed by atoms with E-state index in [9.17, 15) is 19.5 Å². The van der Waals surface area contributed by atoms with Crippen LogP contribution < -0.4 is 5.73 Å². The van der Waals surface area contributed by atoms with E-state index in [1.807, 2.05) is 92.7 Å². The van der Waals surface area contributed by atoms with Crippen LogP contribution in [0.15, 0.2) is 91.0 Å². The third-order valence-corrected chi connectivity index (χ3v) is 11.1. The summed E-state index contributed by atoms with van der Waals surface area (Å²) in [7, 11) is 0. The van der Waals surface area contributed by atoms with E-state index in [0.717, 1.165) is 76.7 Å². The molecule has 2 unspecified atom stereocenters. The smallest absolute Gasteiger partial charge is 0.336 e. The van der Waals surface area contributed by atoms with Crippen molar-refractivity contribution in [2.75, 3.05) is 0 Å². The van der Waals surface area contributed by atoms with Crippen molar-refractivity contribution in [1.82, 2.24) is 13.9 Å². The van der Waals surface area contributed by atoms with Crippen molar-refractivity contribution in [3.05, 3.63) is 125 Å². The number of amides is 1. The van der Waals surface area contributed by atoms with E-state index in [4.69, 9.17) is 10.7 Å². The van der Waals surface area contributed by atoms with Gasteiger partial charge in [0.2, 0.25) is 5.12 Å². The molecule has 0 aliphatic heterocycles. The first-order chi connectivity index (χ1) is 24.6. The van der Waals surface area contributed by atoms with E-state index in [2.05, 4.69) is 11.5 Å². The first-order valence-electron chi connectivity index (χ1n) is 17.9. The summed E-state index contributed by atoms with van der Waals surface area (Å²) in [5.74, 6) is 0.219. The lowest BCUT2D eigenvalue weighted by Gasteiger charge is -2.30. The molecule has 0 radical (unpaired) electrons. The highest BCUT2D eigenvalue weighted by Gasteiger charge is 2.31. The zero-order valence-electron chi connectivity index (χ0n) is 29.5. The monoisotopic (exact) mass is 702 g/mol.